The summed E-state index contributed by atoms with van der Waals surface area (Å²) in [7, 11) is 1.58. The molecule has 0 aromatic carbocycles. The van der Waals surface area contributed by atoms with Gasteiger partial charge in [-0.1, -0.05) is 0 Å². The van der Waals surface area contributed by atoms with Gasteiger partial charge in [0.1, 0.15) is 28.7 Å². The Balaban J connectivity index is 1.71. The molecule has 0 spiro atoms. The Morgan fingerprint density at radius 3 is 3.10 bits per heavy atom. The summed E-state index contributed by atoms with van der Waals surface area (Å²) < 4.78 is 41.9. The average molecular weight is 430 g/mol. The van der Waals surface area contributed by atoms with Gasteiger partial charge in [-0.3, -0.25) is 4.68 Å². The number of aryl methyl sites for hydroxylation is 1. The molecule has 4 heterocycles. The molecule has 164 valence electrons. The highest BCUT2D eigenvalue weighted by Crippen LogP contribution is 2.30. The van der Waals surface area contributed by atoms with E-state index in [1.165, 1.54) is 6.20 Å². The maximum Gasteiger partial charge on any atom is 0.257 e. The summed E-state index contributed by atoms with van der Waals surface area (Å²) in [5.41, 5.74) is -0.144. The summed E-state index contributed by atoms with van der Waals surface area (Å²) in [6, 6.07) is 3.68. The summed E-state index contributed by atoms with van der Waals surface area (Å²) in [5, 5.41) is 27.7. The molecule has 1 fully saturated rings. The number of aromatic nitrogens is 5. The maximum absolute atomic E-state index is 10.5. The van der Waals surface area contributed by atoms with Gasteiger partial charge in [-0.05, 0) is 19.9 Å². The first-order valence-corrected chi connectivity index (χ1v) is 9.64. The van der Waals surface area contributed by atoms with Crippen molar-refractivity contribution in [2.24, 2.45) is 6.98 Å². The van der Waals surface area contributed by atoms with E-state index in [9.17, 15) is 10.4 Å². The Labute approximate surface area is 183 Å². The van der Waals surface area contributed by atoms with E-state index in [-0.39, 0.29) is 36.8 Å². The number of nitrogens with one attached hydrogen (secondary N) is 1. The summed E-state index contributed by atoms with van der Waals surface area (Å²) in [6.07, 6.45) is 2.07. The summed E-state index contributed by atoms with van der Waals surface area (Å²) in [5.74, 6) is 0.0989. The molecule has 0 amide bonds. The van der Waals surface area contributed by atoms with Crippen LogP contribution in [0, 0.1) is 11.3 Å². The fraction of sp³-hybridized carbons (Fsp3) is 0.500. The number of ether oxygens (including phenoxy) is 3. The molecule has 0 unspecified atom stereocenters. The normalized spacial score (nSPS) is 23.7. The number of nitriles is 1. The average Bonchev–Trinajstić information content (AvgIpc) is 3.43. The van der Waals surface area contributed by atoms with Gasteiger partial charge in [-0.15, -0.1) is 5.10 Å². The molecule has 2 N–H and O–H groups in total. The highest BCUT2D eigenvalue weighted by Gasteiger charge is 2.40. The number of aliphatic hydroxyl groups is 1. The van der Waals surface area contributed by atoms with E-state index in [0.717, 1.165) is 4.68 Å². The Hall–Kier alpha value is -3.20. The molecule has 1 saturated heterocycles. The molecule has 0 bridgehead atoms. The van der Waals surface area contributed by atoms with Crippen molar-refractivity contribution in [1.29, 1.82) is 5.26 Å². The number of methoxy groups -OCH3 is 1. The second kappa shape index (κ2) is 8.14. The van der Waals surface area contributed by atoms with Crippen molar-refractivity contribution >= 4 is 22.7 Å². The lowest BCUT2D eigenvalue weighted by Crippen LogP contribution is -2.41. The first-order chi connectivity index (χ1) is 16.0. The molecule has 3 atom stereocenters. The van der Waals surface area contributed by atoms with Crippen LogP contribution >= 0.6 is 0 Å². The third-order valence-electron chi connectivity index (χ3n) is 5.08. The predicted molar refractivity (Wildman–Crippen MR) is 111 cm³/mol. The van der Waals surface area contributed by atoms with Crippen LogP contribution in [-0.4, -0.2) is 68.1 Å². The van der Waals surface area contributed by atoms with Crippen LogP contribution in [0.15, 0.2) is 18.5 Å². The topological polar surface area (TPSA) is 132 Å². The van der Waals surface area contributed by atoms with Crippen LogP contribution in [0.5, 0.6) is 5.88 Å². The van der Waals surface area contributed by atoms with Crippen LogP contribution in [0.1, 0.15) is 29.7 Å². The van der Waals surface area contributed by atoms with Crippen molar-refractivity contribution in [2.75, 3.05) is 32.2 Å². The van der Waals surface area contributed by atoms with Crippen LogP contribution in [0.4, 0.5) is 11.6 Å². The molecule has 3 aromatic heterocycles. The van der Waals surface area contributed by atoms with Gasteiger partial charge in [0, 0.05) is 29.8 Å². The number of hydrogen-bond donors (Lipinski definition) is 2. The molecule has 0 radical (unpaired) electrons. The van der Waals surface area contributed by atoms with Gasteiger partial charge in [-0.2, -0.15) is 10.2 Å². The van der Waals surface area contributed by atoms with E-state index in [2.05, 4.69) is 26.5 Å². The second-order valence-corrected chi connectivity index (χ2v) is 7.68. The van der Waals surface area contributed by atoms with Crippen molar-refractivity contribution in [3.8, 4) is 11.9 Å². The zero-order chi connectivity index (χ0) is 24.7. The molecule has 31 heavy (non-hydrogen) atoms. The van der Waals surface area contributed by atoms with Gasteiger partial charge in [0.2, 0.25) is 5.95 Å². The Kier molecular flexibility index (Phi) is 4.59. The van der Waals surface area contributed by atoms with Crippen LogP contribution in [0.3, 0.4) is 0 Å². The fourth-order valence-corrected chi connectivity index (χ4v) is 3.51. The van der Waals surface area contributed by atoms with Gasteiger partial charge < -0.3 is 29.2 Å². The van der Waals surface area contributed by atoms with Gasteiger partial charge in [-0.25, -0.2) is 4.98 Å². The van der Waals surface area contributed by atoms with E-state index in [0.29, 0.717) is 23.3 Å². The number of rotatable bonds is 7. The van der Waals surface area contributed by atoms with E-state index in [1.807, 2.05) is 6.92 Å². The summed E-state index contributed by atoms with van der Waals surface area (Å²) >= 11 is 0. The van der Waals surface area contributed by atoms with E-state index in [1.54, 1.807) is 30.9 Å². The molecule has 0 aliphatic carbocycles. The minimum Gasteiger partial charge on any atom is -0.466 e. The summed E-state index contributed by atoms with van der Waals surface area (Å²) in [4.78, 5) is 8.83. The Bertz CT molecular complexity index is 1230. The molecular weight excluding hydrogens is 402 g/mol. The van der Waals surface area contributed by atoms with Crippen molar-refractivity contribution in [3.05, 3.63) is 24.2 Å². The zero-order valence-corrected chi connectivity index (χ0v) is 17.4. The van der Waals surface area contributed by atoms with Gasteiger partial charge >= 0.3 is 0 Å². The molecule has 3 aromatic rings. The zero-order valence-electron chi connectivity index (χ0n) is 20.4. The number of hydrogen-bond acceptors (Lipinski definition) is 9. The van der Waals surface area contributed by atoms with E-state index < -0.39 is 18.7 Å². The molecule has 0 saturated carbocycles. The van der Waals surface area contributed by atoms with Crippen LogP contribution in [0.25, 0.3) is 11.0 Å². The third kappa shape index (κ3) is 4.05. The predicted octanol–water partition coefficient (Wildman–Crippen LogP) is 1.52. The fourth-order valence-electron chi connectivity index (χ4n) is 3.51. The number of fused-ring (bicyclic) bond motifs is 1. The molecule has 1 aliphatic rings. The molecular formula is C20H25N7O4. The Morgan fingerprint density at radius 2 is 2.42 bits per heavy atom. The lowest BCUT2D eigenvalue weighted by Gasteiger charge is -2.23. The van der Waals surface area contributed by atoms with Crippen LogP contribution in [-0.2, 0) is 16.4 Å². The standard InChI is InChI=1S/C20H25N7O4/c1-12(9-29-4)27-14(6-21)5-13-7-22-19(24-17(13)27)23-15-8-26(3)25-18(15)31-16-10-30-11-20(16,2)28/h5,7-8,12,16,28H,9-11H2,1-4H3,(H,22,23,24)/t12-,16+,20-/m0/s1/i3D3. The molecule has 4 rings (SSSR count). The minimum atomic E-state index is -2.55. The molecule has 11 heteroatoms. The highest BCUT2D eigenvalue weighted by atomic mass is 16.6. The van der Waals surface area contributed by atoms with E-state index >= 15 is 0 Å². The van der Waals surface area contributed by atoms with Crippen molar-refractivity contribution in [2.45, 2.75) is 31.6 Å². The lowest BCUT2D eigenvalue weighted by molar-refractivity contribution is -0.0175. The number of anilines is 2. The first-order valence-electron chi connectivity index (χ1n) is 11.1. The van der Waals surface area contributed by atoms with Gasteiger partial charge in [0.25, 0.3) is 5.88 Å². The lowest BCUT2D eigenvalue weighted by atomic mass is 10.0. The smallest absolute Gasteiger partial charge is 0.257 e. The van der Waals surface area contributed by atoms with Crippen LogP contribution in [0.2, 0.25) is 0 Å². The van der Waals surface area contributed by atoms with Gasteiger partial charge in [0.05, 0.1) is 32.1 Å². The minimum absolute atomic E-state index is 0.0450. The van der Waals surface area contributed by atoms with Gasteiger partial charge in [0.15, 0.2) is 6.10 Å². The van der Waals surface area contributed by atoms with E-state index in [4.69, 9.17) is 18.3 Å². The second-order valence-electron chi connectivity index (χ2n) is 7.68. The van der Waals surface area contributed by atoms with Crippen molar-refractivity contribution in [3.63, 3.8) is 0 Å². The highest BCUT2D eigenvalue weighted by molar-refractivity contribution is 5.79. The van der Waals surface area contributed by atoms with Crippen molar-refractivity contribution in [1.82, 2.24) is 24.3 Å². The summed E-state index contributed by atoms with van der Waals surface area (Å²) in [6.45, 7) is 1.50. The first kappa shape index (κ1) is 17.5. The Morgan fingerprint density at radius 1 is 1.58 bits per heavy atom. The monoisotopic (exact) mass is 430 g/mol. The van der Waals surface area contributed by atoms with Crippen molar-refractivity contribution < 1.29 is 23.4 Å². The SMILES string of the molecule is [2H]C([2H])([2H])n1cc(Nc2ncc3cc(C#N)n([C@@H](C)COC)c3n2)c(O[C@@H]2COC[C@]2(C)O)n1. The largest absolute Gasteiger partial charge is 0.466 e. The number of nitrogens with zero attached hydrogens (tertiary/aromatic N) is 6. The molecule has 1 aliphatic heterocycles. The molecule has 11 nitrogen and oxygen atoms in total. The van der Waals surface area contributed by atoms with Crippen LogP contribution < -0.4 is 10.1 Å². The maximum atomic E-state index is 10.5. The third-order valence-corrected chi connectivity index (χ3v) is 5.08. The quantitative estimate of drug-likeness (QED) is 0.572.